The van der Waals surface area contributed by atoms with E-state index in [1.807, 2.05) is 26.4 Å². The number of ketones is 1. The van der Waals surface area contributed by atoms with E-state index in [4.69, 9.17) is 0 Å². The van der Waals surface area contributed by atoms with Crippen molar-refractivity contribution < 1.29 is 9.18 Å². The lowest BCUT2D eigenvalue weighted by Gasteiger charge is -2.09. The minimum atomic E-state index is -0.459. The van der Waals surface area contributed by atoms with Crippen LogP contribution in [0.25, 0.3) is 33.4 Å². The summed E-state index contributed by atoms with van der Waals surface area (Å²) in [6.45, 7) is 3.20. The molecule has 0 saturated carbocycles. The molecule has 0 aliphatic carbocycles. The third-order valence-electron chi connectivity index (χ3n) is 4.67. The number of halogens is 1. The molecule has 0 radical (unpaired) electrons. The van der Waals surface area contributed by atoms with Crippen LogP contribution in [0.15, 0.2) is 36.8 Å². The van der Waals surface area contributed by atoms with Gasteiger partial charge in [-0.3, -0.25) is 19.1 Å². The van der Waals surface area contributed by atoms with E-state index in [0.717, 1.165) is 22.2 Å². The molecule has 0 N–H and O–H groups in total. The quantitative estimate of drug-likeness (QED) is 0.521. The van der Waals surface area contributed by atoms with Crippen molar-refractivity contribution in [2.45, 2.75) is 13.8 Å². The fraction of sp³-hybridized carbons (Fsp3) is 0.200. The highest BCUT2D eigenvalue weighted by Gasteiger charge is 2.18. The Balaban J connectivity index is 1.93. The van der Waals surface area contributed by atoms with Gasteiger partial charge in [0, 0.05) is 42.4 Å². The van der Waals surface area contributed by atoms with E-state index < -0.39 is 5.82 Å². The van der Waals surface area contributed by atoms with Gasteiger partial charge in [-0.25, -0.2) is 4.39 Å². The van der Waals surface area contributed by atoms with Gasteiger partial charge in [0.05, 0.1) is 23.6 Å². The molecule has 0 atom stereocenters. The van der Waals surface area contributed by atoms with Crippen LogP contribution in [-0.4, -0.2) is 30.3 Å². The van der Waals surface area contributed by atoms with Crippen LogP contribution >= 0.6 is 0 Å². The summed E-state index contributed by atoms with van der Waals surface area (Å²) in [5.41, 5.74) is 4.41. The third-order valence-corrected chi connectivity index (χ3v) is 4.67. The second-order valence-electron chi connectivity index (χ2n) is 6.67. The highest BCUT2D eigenvalue weighted by Crippen LogP contribution is 2.32. The second kappa shape index (κ2) is 6.12. The van der Waals surface area contributed by atoms with Gasteiger partial charge in [0.25, 0.3) is 0 Å². The van der Waals surface area contributed by atoms with E-state index in [-0.39, 0.29) is 5.78 Å². The molecule has 0 fully saturated rings. The van der Waals surface area contributed by atoms with Crippen molar-refractivity contribution in [1.82, 2.24) is 24.5 Å². The molecule has 3 heterocycles. The summed E-state index contributed by atoms with van der Waals surface area (Å²) in [6, 6.07) is 4.79. The molecule has 0 unspecified atom stereocenters. The van der Waals surface area contributed by atoms with Crippen LogP contribution in [0.2, 0.25) is 0 Å². The third kappa shape index (κ3) is 2.81. The van der Waals surface area contributed by atoms with Crippen molar-refractivity contribution >= 4 is 16.7 Å². The number of nitrogens with zero attached hydrogens (tertiary/aromatic N) is 5. The monoisotopic (exact) mass is 363 g/mol. The molecule has 0 aliphatic rings. The van der Waals surface area contributed by atoms with E-state index >= 15 is 0 Å². The number of aromatic nitrogens is 5. The zero-order valence-electron chi connectivity index (χ0n) is 15.5. The second-order valence-corrected chi connectivity index (χ2v) is 6.67. The van der Waals surface area contributed by atoms with Gasteiger partial charge < -0.3 is 0 Å². The van der Waals surface area contributed by atoms with Crippen LogP contribution in [0.3, 0.4) is 0 Å². The molecule has 0 saturated heterocycles. The molecular weight excluding hydrogens is 345 g/mol. The van der Waals surface area contributed by atoms with Gasteiger partial charge in [-0.05, 0) is 37.6 Å². The molecule has 27 heavy (non-hydrogen) atoms. The maximum atomic E-state index is 14.8. The Morgan fingerprint density at radius 1 is 1.15 bits per heavy atom. The number of fused-ring (bicyclic) bond motifs is 1. The summed E-state index contributed by atoms with van der Waals surface area (Å²) in [7, 11) is 3.69. The Morgan fingerprint density at radius 2 is 1.93 bits per heavy atom. The van der Waals surface area contributed by atoms with Gasteiger partial charge in [0.1, 0.15) is 11.5 Å². The largest absolute Gasteiger partial charge is 0.295 e. The number of carbonyl (C=O) groups is 1. The molecule has 4 rings (SSSR count). The first-order valence-electron chi connectivity index (χ1n) is 8.48. The molecule has 3 aromatic heterocycles. The molecule has 4 aromatic rings. The Morgan fingerprint density at radius 3 is 2.56 bits per heavy atom. The van der Waals surface area contributed by atoms with Crippen molar-refractivity contribution in [3.63, 3.8) is 0 Å². The average molecular weight is 363 g/mol. The maximum Gasteiger partial charge on any atom is 0.159 e. The van der Waals surface area contributed by atoms with Crippen molar-refractivity contribution in [2.24, 2.45) is 14.1 Å². The highest BCUT2D eigenvalue weighted by molar-refractivity contribution is 5.96. The van der Waals surface area contributed by atoms with E-state index in [1.54, 1.807) is 34.7 Å². The molecule has 136 valence electrons. The van der Waals surface area contributed by atoms with Crippen molar-refractivity contribution in [3.05, 3.63) is 53.7 Å². The normalized spacial score (nSPS) is 11.3. The van der Waals surface area contributed by atoms with Crippen LogP contribution in [0.1, 0.15) is 22.8 Å². The van der Waals surface area contributed by atoms with Crippen molar-refractivity contribution in [1.29, 1.82) is 0 Å². The van der Waals surface area contributed by atoms with Crippen molar-refractivity contribution in [3.8, 4) is 22.5 Å². The minimum absolute atomic E-state index is 0.168. The first-order valence-corrected chi connectivity index (χ1v) is 8.48. The summed E-state index contributed by atoms with van der Waals surface area (Å²) in [5.74, 6) is -0.628. The number of rotatable bonds is 3. The number of hydrogen-bond donors (Lipinski definition) is 0. The summed E-state index contributed by atoms with van der Waals surface area (Å²) < 4.78 is 18.2. The average Bonchev–Trinajstić information content (AvgIpc) is 3.17. The van der Waals surface area contributed by atoms with E-state index in [0.29, 0.717) is 22.4 Å². The fourth-order valence-electron chi connectivity index (χ4n) is 3.32. The number of Topliss-reactive ketones (excluding diaryl/α,β-unsaturated/α-hetero) is 1. The number of aryl methyl sites for hydroxylation is 3. The van der Waals surface area contributed by atoms with E-state index in [1.165, 1.54) is 13.0 Å². The summed E-state index contributed by atoms with van der Waals surface area (Å²) in [6.07, 6.45) is 5.32. The molecule has 6 nitrogen and oxygen atoms in total. The fourth-order valence-corrected chi connectivity index (χ4v) is 3.32. The minimum Gasteiger partial charge on any atom is -0.295 e. The van der Waals surface area contributed by atoms with Gasteiger partial charge in [0.2, 0.25) is 0 Å². The van der Waals surface area contributed by atoms with Gasteiger partial charge in [-0.15, -0.1) is 0 Å². The van der Waals surface area contributed by atoms with Gasteiger partial charge in [-0.2, -0.15) is 10.2 Å². The topological polar surface area (TPSA) is 65.6 Å². The summed E-state index contributed by atoms with van der Waals surface area (Å²) in [5, 5.41) is 9.64. The van der Waals surface area contributed by atoms with Crippen LogP contribution < -0.4 is 0 Å². The van der Waals surface area contributed by atoms with Gasteiger partial charge in [-0.1, -0.05) is 0 Å². The van der Waals surface area contributed by atoms with Crippen LogP contribution in [0.5, 0.6) is 0 Å². The smallest absolute Gasteiger partial charge is 0.159 e. The summed E-state index contributed by atoms with van der Waals surface area (Å²) >= 11 is 0. The summed E-state index contributed by atoms with van der Waals surface area (Å²) in [4.78, 5) is 16.0. The van der Waals surface area contributed by atoms with E-state index in [9.17, 15) is 9.18 Å². The standard InChI is InChI=1S/C20H18FN5O/c1-11-5-13(12(2)27)6-16(21)19(11)17-7-15-18(9-22-17)26(4)24-20(15)14-8-23-25(3)10-14/h5-10H,1-4H3. The number of carbonyl (C=O) groups excluding carboxylic acids is 1. The number of pyridine rings is 1. The van der Waals surface area contributed by atoms with Gasteiger partial charge in [0.15, 0.2) is 5.78 Å². The lowest BCUT2D eigenvalue weighted by molar-refractivity contribution is 0.101. The predicted octanol–water partition coefficient (Wildman–Crippen LogP) is 3.69. The molecule has 0 spiro atoms. The Kier molecular flexibility index (Phi) is 3.87. The van der Waals surface area contributed by atoms with Crippen LogP contribution in [0.4, 0.5) is 4.39 Å². The van der Waals surface area contributed by atoms with Crippen LogP contribution in [0, 0.1) is 12.7 Å². The first kappa shape index (κ1) is 17.1. The zero-order valence-corrected chi connectivity index (χ0v) is 15.5. The molecule has 0 aliphatic heterocycles. The Labute approximate surface area is 155 Å². The first-order chi connectivity index (χ1) is 12.8. The van der Waals surface area contributed by atoms with Gasteiger partial charge >= 0.3 is 0 Å². The molecule has 0 amide bonds. The SMILES string of the molecule is CC(=O)c1cc(C)c(-c2cc3c(-c4cnn(C)c4)nn(C)c3cn2)c(F)c1. The Hall–Kier alpha value is -3.35. The van der Waals surface area contributed by atoms with Crippen molar-refractivity contribution in [2.75, 3.05) is 0 Å². The molecule has 7 heteroatoms. The lowest BCUT2D eigenvalue weighted by atomic mass is 9.98. The number of benzene rings is 1. The maximum absolute atomic E-state index is 14.8. The zero-order chi connectivity index (χ0) is 19.3. The molecule has 0 bridgehead atoms. The molecular formula is C20H18FN5O. The molecule has 1 aromatic carbocycles. The number of hydrogen-bond acceptors (Lipinski definition) is 4. The lowest BCUT2D eigenvalue weighted by Crippen LogP contribution is -1.99. The van der Waals surface area contributed by atoms with E-state index in [2.05, 4.69) is 15.2 Å². The predicted molar refractivity (Wildman–Crippen MR) is 101 cm³/mol. The van der Waals surface area contributed by atoms with Crippen LogP contribution in [-0.2, 0) is 14.1 Å². The Bertz CT molecular complexity index is 1180. The highest BCUT2D eigenvalue weighted by atomic mass is 19.1.